The summed E-state index contributed by atoms with van der Waals surface area (Å²) in [6.45, 7) is 4.40. The van der Waals surface area contributed by atoms with Gasteiger partial charge in [0.15, 0.2) is 0 Å². The number of benzene rings is 2. The molecule has 2 aromatic carbocycles. The first-order chi connectivity index (χ1) is 10.3. The van der Waals surface area contributed by atoms with Crippen molar-refractivity contribution in [3.63, 3.8) is 0 Å². The number of aryl methyl sites for hydroxylation is 1. The Hall–Kier alpha value is -2.04. The molecule has 0 bridgehead atoms. The van der Waals surface area contributed by atoms with Crippen LogP contribution in [0.15, 0.2) is 66.4 Å². The van der Waals surface area contributed by atoms with Crippen LogP contribution in [0.4, 0.5) is 0 Å². The molecule has 2 aromatic rings. The summed E-state index contributed by atoms with van der Waals surface area (Å²) in [4.78, 5) is 0. The molecule has 2 rings (SSSR count). The lowest BCUT2D eigenvalue weighted by Gasteiger charge is -2.08. The molecule has 0 spiro atoms. The first-order valence-corrected chi connectivity index (χ1v) is 7.89. The van der Waals surface area contributed by atoms with Crippen LogP contribution in [0.2, 0.25) is 0 Å². The summed E-state index contributed by atoms with van der Waals surface area (Å²) in [5, 5.41) is 0. The van der Waals surface area contributed by atoms with Crippen molar-refractivity contribution in [2.75, 3.05) is 0 Å². The lowest BCUT2D eigenvalue weighted by Crippen LogP contribution is -1.90. The first kappa shape index (κ1) is 15.4. The van der Waals surface area contributed by atoms with Gasteiger partial charge < -0.3 is 0 Å². The van der Waals surface area contributed by atoms with E-state index in [1.165, 1.54) is 41.5 Å². The maximum absolute atomic E-state index is 3.54. The van der Waals surface area contributed by atoms with E-state index >= 15 is 0 Å². The maximum Gasteiger partial charge on any atom is 0.0308 e. The zero-order valence-electron chi connectivity index (χ0n) is 13.1. The molecule has 0 heteroatoms. The fraction of sp³-hybridized carbons (Fsp3) is 0.286. The Kier molecular flexibility index (Phi) is 6.06. The van der Waals surface area contributed by atoms with Gasteiger partial charge in [-0.15, -0.1) is 5.73 Å². The van der Waals surface area contributed by atoms with Crippen LogP contribution in [0.5, 0.6) is 0 Å². The first-order valence-electron chi connectivity index (χ1n) is 7.89. The molecule has 0 N–H and O–H groups in total. The van der Waals surface area contributed by atoms with Gasteiger partial charge in [0.25, 0.3) is 0 Å². The average Bonchev–Trinajstić information content (AvgIpc) is 2.53. The quantitative estimate of drug-likeness (QED) is 0.437. The van der Waals surface area contributed by atoms with Crippen LogP contribution in [0.25, 0.3) is 5.57 Å². The van der Waals surface area contributed by atoms with Crippen LogP contribution in [0, 0.1) is 6.92 Å². The molecule has 21 heavy (non-hydrogen) atoms. The van der Waals surface area contributed by atoms with Crippen LogP contribution in [0.1, 0.15) is 49.3 Å². The number of unbranched alkanes of at least 4 members (excludes halogenated alkanes) is 3. The van der Waals surface area contributed by atoms with Gasteiger partial charge in [0, 0.05) is 5.57 Å². The van der Waals surface area contributed by atoms with Gasteiger partial charge in [-0.2, -0.15) is 0 Å². The summed E-state index contributed by atoms with van der Waals surface area (Å²) in [5.74, 6) is 0. The van der Waals surface area contributed by atoms with Gasteiger partial charge in [0.1, 0.15) is 0 Å². The van der Waals surface area contributed by atoms with Gasteiger partial charge in [-0.05, 0) is 42.5 Å². The number of allylic oxidation sites excluding steroid dienone is 1. The number of hydrogen-bond acceptors (Lipinski definition) is 0. The summed E-state index contributed by atoms with van der Waals surface area (Å²) >= 11 is 0. The molecule has 0 radical (unpaired) electrons. The highest BCUT2D eigenvalue weighted by Crippen LogP contribution is 2.25. The van der Waals surface area contributed by atoms with E-state index in [2.05, 4.69) is 80.3 Å². The van der Waals surface area contributed by atoms with E-state index in [1.54, 1.807) is 0 Å². The minimum atomic E-state index is 1.11. The highest BCUT2D eigenvalue weighted by molar-refractivity contribution is 5.80. The topological polar surface area (TPSA) is 0 Å². The smallest absolute Gasteiger partial charge is 0.0308 e. The normalized spacial score (nSPS) is 10.0. The molecular weight excluding hydrogens is 252 g/mol. The Morgan fingerprint density at radius 3 is 2.38 bits per heavy atom. The van der Waals surface area contributed by atoms with E-state index in [0.29, 0.717) is 0 Å². The van der Waals surface area contributed by atoms with E-state index in [9.17, 15) is 0 Å². The van der Waals surface area contributed by atoms with Crippen molar-refractivity contribution >= 4 is 5.57 Å². The fourth-order valence-electron chi connectivity index (χ4n) is 2.45. The van der Waals surface area contributed by atoms with Gasteiger partial charge in [0.05, 0.1) is 0 Å². The largest absolute Gasteiger partial charge is 0.116 e. The molecule has 0 nitrogen and oxygen atoms in total. The Morgan fingerprint density at radius 1 is 0.952 bits per heavy atom. The second kappa shape index (κ2) is 8.29. The van der Waals surface area contributed by atoms with Crippen molar-refractivity contribution in [1.82, 2.24) is 0 Å². The minimum absolute atomic E-state index is 1.11. The lowest BCUT2D eigenvalue weighted by molar-refractivity contribution is 0.729. The predicted molar refractivity (Wildman–Crippen MR) is 92.4 cm³/mol. The molecule has 0 amide bonds. The Bertz CT molecular complexity index is 613. The molecule has 0 aromatic heterocycles. The van der Waals surface area contributed by atoms with Gasteiger partial charge in [0.2, 0.25) is 0 Å². The molecular formula is C21H24. The Morgan fingerprint density at radius 2 is 1.67 bits per heavy atom. The zero-order chi connectivity index (χ0) is 14.9. The molecule has 0 saturated carbocycles. The molecule has 0 fully saturated rings. The molecule has 0 atom stereocenters. The van der Waals surface area contributed by atoms with E-state index in [1.807, 2.05) is 0 Å². The van der Waals surface area contributed by atoms with Crippen LogP contribution in [0.3, 0.4) is 0 Å². The van der Waals surface area contributed by atoms with Gasteiger partial charge in [-0.3, -0.25) is 0 Å². The van der Waals surface area contributed by atoms with Crippen molar-refractivity contribution in [1.29, 1.82) is 0 Å². The maximum atomic E-state index is 3.54. The van der Waals surface area contributed by atoms with Crippen LogP contribution >= 0.6 is 0 Å². The third-order valence-corrected chi connectivity index (χ3v) is 3.68. The van der Waals surface area contributed by atoms with Crippen molar-refractivity contribution in [2.45, 2.75) is 39.5 Å². The number of hydrogen-bond donors (Lipinski definition) is 0. The highest BCUT2D eigenvalue weighted by Gasteiger charge is 2.06. The van der Waals surface area contributed by atoms with Crippen LogP contribution in [-0.2, 0) is 0 Å². The van der Waals surface area contributed by atoms with E-state index in [0.717, 1.165) is 6.42 Å². The van der Waals surface area contributed by atoms with Crippen molar-refractivity contribution in [3.05, 3.63) is 83.1 Å². The summed E-state index contributed by atoms with van der Waals surface area (Å²) in [6, 6.07) is 19.1. The predicted octanol–water partition coefficient (Wildman–Crippen LogP) is 6.16. The van der Waals surface area contributed by atoms with Crippen LogP contribution in [-0.4, -0.2) is 0 Å². The minimum Gasteiger partial charge on any atom is -0.116 e. The van der Waals surface area contributed by atoms with Crippen molar-refractivity contribution < 1.29 is 0 Å². The second-order valence-corrected chi connectivity index (χ2v) is 5.40. The average molecular weight is 276 g/mol. The Labute approximate surface area is 128 Å². The fourth-order valence-corrected chi connectivity index (χ4v) is 2.45. The molecule has 0 saturated heterocycles. The SMILES string of the molecule is CCCCCC=C=C(c1ccccc1)c1ccccc1C. The number of rotatable bonds is 6. The van der Waals surface area contributed by atoms with Crippen LogP contribution < -0.4 is 0 Å². The van der Waals surface area contributed by atoms with Crippen molar-refractivity contribution in [2.24, 2.45) is 0 Å². The third kappa shape index (κ3) is 4.48. The van der Waals surface area contributed by atoms with Gasteiger partial charge >= 0.3 is 0 Å². The highest BCUT2D eigenvalue weighted by atomic mass is 14.1. The van der Waals surface area contributed by atoms with Gasteiger partial charge in [-0.1, -0.05) is 74.4 Å². The van der Waals surface area contributed by atoms with E-state index in [4.69, 9.17) is 0 Å². The summed E-state index contributed by atoms with van der Waals surface area (Å²) in [5.41, 5.74) is 8.55. The zero-order valence-corrected chi connectivity index (χ0v) is 13.1. The summed E-state index contributed by atoms with van der Waals surface area (Å²) in [7, 11) is 0. The molecule has 0 unspecified atom stereocenters. The second-order valence-electron chi connectivity index (χ2n) is 5.40. The Balaban J connectivity index is 2.36. The lowest BCUT2D eigenvalue weighted by atomic mass is 9.95. The summed E-state index contributed by atoms with van der Waals surface area (Å²) < 4.78 is 0. The van der Waals surface area contributed by atoms with Crippen molar-refractivity contribution in [3.8, 4) is 0 Å². The molecule has 0 heterocycles. The molecule has 0 aliphatic carbocycles. The summed E-state index contributed by atoms with van der Waals surface area (Å²) in [6.07, 6.45) is 7.12. The van der Waals surface area contributed by atoms with E-state index in [-0.39, 0.29) is 0 Å². The molecule has 0 aliphatic heterocycles. The molecule has 108 valence electrons. The van der Waals surface area contributed by atoms with E-state index < -0.39 is 0 Å². The third-order valence-electron chi connectivity index (χ3n) is 3.68. The monoisotopic (exact) mass is 276 g/mol. The molecule has 0 aliphatic rings. The van der Waals surface area contributed by atoms with Gasteiger partial charge in [-0.25, -0.2) is 0 Å². The standard InChI is InChI=1S/C21H24/c1-3-4-5-6-10-17-21(19-14-8-7-9-15-19)20-16-12-11-13-18(20)2/h7-16H,3-6H2,1-2H3.